The van der Waals surface area contributed by atoms with Crippen LogP contribution >= 0.6 is 11.8 Å². The Morgan fingerprint density at radius 3 is 2.67 bits per heavy atom. The highest BCUT2D eigenvalue weighted by molar-refractivity contribution is 7.99. The largest absolute Gasteiger partial charge is 0.378 e. The first kappa shape index (κ1) is 17.7. The SMILES string of the molecule is CCSc1nnc(C2CC[NH+](CC(=O)N3CCOCC3)CC2)n1C. The minimum atomic E-state index is 0.270. The second kappa shape index (κ2) is 8.31. The third-order valence-electron chi connectivity index (χ3n) is 4.96. The molecule has 0 unspecified atom stereocenters. The number of hydrogen-bond acceptors (Lipinski definition) is 5. The highest BCUT2D eigenvalue weighted by atomic mass is 32.2. The molecule has 24 heavy (non-hydrogen) atoms. The summed E-state index contributed by atoms with van der Waals surface area (Å²) in [5.41, 5.74) is 0. The summed E-state index contributed by atoms with van der Waals surface area (Å²) in [5.74, 6) is 2.85. The lowest BCUT2D eigenvalue weighted by molar-refractivity contribution is -0.897. The van der Waals surface area contributed by atoms with E-state index in [-0.39, 0.29) is 5.91 Å². The number of ether oxygens (including phenoxy) is 1. The average Bonchev–Trinajstić information content (AvgIpc) is 2.98. The van der Waals surface area contributed by atoms with Gasteiger partial charge in [-0.25, -0.2) is 0 Å². The highest BCUT2D eigenvalue weighted by Crippen LogP contribution is 2.25. The zero-order chi connectivity index (χ0) is 16.9. The van der Waals surface area contributed by atoms with E-state index in [2.05, 4.69) is 28.7 Å². The van der Waals surface area contributed by atoms with Crippen LogP contribution in [0.2, 0.25) is 0 Å². The van der Waals surface area contributed by atoms with Crippen LogP contribution in [-0.4, -0.2) is 77.3 Å². The van der Waals surface area contributed by atoms with Crippen molar-refractivity contribution in [3.8, 4) is 0 Å². The first-order chi connectivity index (χ1) is 11.7. The fraction of sp³-hybridized carbons (Fsp3) is 0.812. The minimum Gasteiger partial charge on any atom is -0.378 e. The van der Waals surface area contributed by atoms with E-state index in [4.69, 9.17) is 4.74 Å². The van der Waals surface area contributed by atoms with Crippen LogP contribution in [0.3, 0.4) is 0 Å². The second-order valence-corrected chi connectivity index (χ2v) is 7.76. The molecule has 0 aliphatic carbocycles. The predicted molar refractivity (Wildman–Crippen MR) is 92.3 cm³/mol. The first-order valence-electron chi connectivity index (χ1n) is 8.90. The predicted octanol–water partition coefficient (Wildman–Crippen LogP) is -0.452. The van der Waals surface area contributed by atoms with Crippen molar-refractivity contribution in [2.24, 2.45) is 7.05 Å². The Hall–Kier alpha value is -1.12. The topological polar surface area (TPSA) is 64.7 Å². The van der Waals surface area contributed by atoms with Crippen molar-refractivity contribution in [2.75, 3.05) is 51.7 Å². The van der Waals surface area contributed by atoms with Crippen LogP contribution in [0.5, 0.6) is 0 Å². The van der Waals surface area contributed by atoms with Gasteiger partial charge in [0.1, 0.15) is 5.82 Å². The standard InChI is InChI=1S/C16H27N5O2S/c1-3-24-16-18-17-15(19(16)2)13-4-6-20(7-5-13)12-14(22)21-8-10-23-11-9-21/h13H,3-12H2,1-2H3/p+1. The molecule has 0 radical (unpaired) electrons. The molecular weight excluding hydrogens is 326 g/mol. The summed E-state index contributed by atoms with van der Waals surface area (Å²) in [7, 11) is 2.06. The molecule has 3 rings (SSSR count). The van der Waals surface area contributed by atoms with Gasteiger partial charge in [0.05, 0.1) is 26.3 Å². The molecule has 2 aliphatic heterocycles. The van der Waals surface area contributed by atoms with Gasteiger partial charge in [-0.2, -0.15) is 0 Å². The van der Waals surface area contributed by atoms with Gasteiger partial charge in [-0.15, -0.1) is 10.2 Å². The maximum absolute atomic E-state index is 12.4. The molecule has 2 fully saturated rings. The number of thioether (sulfide) groups is 1. The monoisotopic (exact) mass is 354 g/mol. The molecule has 134 valence electrons. The molecule has 3 heterocycles. The van der Waals surface area contributed by atoms with Gasteiger partial charge in [0.2, 0.25) is 0 Å². The number of carbonyl (C=O) groups is 1. The van der Waals surface area contributed by atoms with Gasteiger partial charge in [0, 0.05) is 38.9 Å². The molecule has 0 atom stereocenters. The Kier molecular flexibility index (Phi) is 6.13. The van der Waals surface area contributed by atoms with E-state index in [1.807, 2.05) is 4.90 Å². The van der Waals surface area contributed by atoms with Crippen LogP contribution in [0.4, 0.5) is 0 Å². The molecule has 0 aromatic carbocycles. The summed E-state index contributed by atoms with van der Waals surface area (Å²) in [4.78, 5) is 15.7. The van der Waals surface area contributed by atoms with Gasteiger partial charge in [0.15, 0.2) is 11.7 Å². The summed E-state index contributed by atoms with van der Waals surface area (Å²) in [5, 5.41) is 9.72. The third-order valence-corrected chi connectivity index (χ3v) is 5.87. The van der Waals surface area contributed by atoms with Crippen LogP contribution in [0, 0.1) is 0 Å². The van der Waals surface area contributed by atoms with Crippen molar-refractivity contribution >= 4 is 17.7 Å². The maximum Gasteiger partial charge on any atom is 0.277 e. The number of morpholine rings is 1. The van der Waals surface area contributed by atoms with Gasteiger partial charge in [-0.1, -0.05) is 18.7 Å². The van der Waals surface area contributed by atoms with Crippen LogP contribution in [-0.2, 0) is 16.6 Å². The summed E-state index contributed by atoms with van der Waals surface area (Å²) < 4.78 is 7.46. The Labute approximate surface area is 147 Å². The first-order valence-corrected chi connectivity index (χ1v) is 9.88. The summed E-state index contributed by atoms with van der Waals surface area (Å²) >= 11 is 1.74. The summed E-state index contributed by atoms with van der Waals surface area (Å²) in [6.45, 7) is 7.64. The number of rotatable bonds is 5. The quantitative estimate of drug-likeness (QED) is 0.726. The lowest BCUT2D eigenvalue weighted by atomic mass is 9.96. The number of nitrogens with one attached hydrogen (secondary N) is 1. The molecule has 1 aromatic heterocycles. The molecule has 1 N–H and O–H groups in total. The van der Waals surface area contributed by atoms with Gasteiger partial charge >= 0.3 is 0 Å². The number of aromatic nitrogens is 3. The molecule has 8 heteroatoms. The number of likely N-dealkylation sites (tertiary alicyclic amines) is 1. The highest BCUT2D eigenvalue weighted by Gasteiger charge is 2.29. The third kappa shape index (κ3) is 4.10. The lowest BCUT2D eigenvalue weighted by Gasteiger charge is -2.31. The Morgan fingerprint density at radius 1 is 1.29 bits per heavy atom. The Bertz CT molecular complexity index is 551. The fourth-order valence-corrected chi connectivity index (χ4v) is 4.18. The van der Waals surface area contributed by atoms with Crippen molar-refractivity contribution in [3.63, 3.8) is 0 Å². The lowest BCUT2D eigenvalue weighted by Crippen LogP contribution is -3.14. The minimum absolute atomic E-state index is 0.270. The molecular formula is C16H28N5O2S+. The number of piperidine rings is 1. The normalized spacial score (nSPS) is 25.0. The van der Waals surface area contributed by atoms with Gasteiger partial charge in [0.25, 0.3) is 5.91 Å². The molecule has 2 saturated heterocycles. The average molecular weight is 355 g/mol. The van der Waals surface area contributed by atoms with E-state index in [1.54, 1.807) is 11.8 Å². The second-order valence-electron chi connectivity index (χ2n) is 6.53. The number of nitrogens with zero attached hydrogens (tertiary/aromatic N) is 4. The van der Waals surface area contributed by atoms with Crippen LogP contribution in [0.1, 0.15) is 31.5 Å². The van der Waals surface area contributed by atoms with Gasteiger partial charge in [-0.05, 0) is 5.75 Å². The van der Waals surface area contributed by atoms with Crippen LogP contribution in [0.25, 0.3) is 0 Å². The van der Waals surface area contributed by atoms with Crippen molar-refractivity contribution in [2.45, 2.75) is 30.8 Å². The molecule has 1 aromatic rings. The maximum atomic E-state index is 12.4. The van der Waals surface area contributed by atoms with E-state index in [1.165, 1.54) is 4.90 Å². The Balaban J connectivity index is 1.49. The summed E-state index contributed by atoms with van der Waals surface area (Å²) in [6.07, 6.45) is 2.16. The number of quaternary nitrogens is 1. The van der Waals surface area contributed by atoms with E-state index in [0.29, 0.717) is 25.7 Å². The molecule has 0 saturated carbocycles. The zero-order valence-corrected chi connectivity index (χ0v) is 15.5. The van der Waals surface area contributed by atoms with E-state index < -0.39 is 0 Å². The molecule has 7 nitrogen and oxygen atoms in total. The zero-order valence-electron chi connectivity index (χ0n) is 14.7. The Morgan fingerprint density at radius 2 is 2.00 bits per heavy atom. The molecule has 0 bridgehead atoms. The molecule has 2 aliphatic rings. The van der Waals surface area contributed by atoms with E-state index in [9.17, 15) is 4.79 Å². The van der Waals surface area contributed by atoms with E-state index in [0.717, 1.165) is 55.8 Å². The van der Waals surface area contributed by atoms with Crippen LogP contribution in [0.15, 0.2) is 5.16 Å². The smallest absolute Gasteiger partial charge is 0.277 e. The number of carbonyl (C=O) groups excluding carboxylic acids is 1. The van der Waals surface area contributed by atoms with Crippen molar-refractivity contribution in [3.05, 3.63) is 5.82 Å². The molecule has 1 amide bonds. The van der Waals surface area contributed by atoms with Crippen molar-refractivity contribution in [1.82, 2.24) is 19.7 Å². The fourth-order valence-electron chi connectivity index (χ4n) is 3.54. The van der Waals surface area contributed by atoms with Gasteiger partial charge < -0.3 is 19.1 Å². The number of amides is 1. The van der Waals surface area contributed by atoms with Crippen molar-refractivity contribution < 1.29 is 14.4 Å². The van der Waals surface area contributed by atoms with Crippen LogP contribution < -0.4 is 4.90 Å². The summed E-state index contributed by atoms with van der Waals surface area (Å²) in [6, 6.07) is 0. The van der Waals surface area contributed by atoms with Gasteiger partial charge in [-0.3, -0.25) is 4.79 Å². The number of hydrogen-bond donors (Lipinski definition) is 1. The molecule has 0 spiro atoms. The van der Waals surface area contributed by atoms with Crippen molar-refractivity contribution in [1.29, 1.82) is 0 Å². The van der Waals surface area contributed by atoms with E-state index >= 15 is 0 Å².